The van der Waals surface area contributed by atoms with Crippen LogP contribution in [0.2, 0.25) is 0 Å². The Bertz CT molecular complexity index is 1270. The van der Waals surface area contributed by atoms with Crippen LogP contribution in [0.25, 0.3) is 10.8 Å². The first-order chi connectivity index (χ1) is 14.0. The molecule has 11 nitrogen and oxygen atoms in total. The lowest BCUT2D eigenvalue weighted by atomic mass is 10.1. The van der Waals surface area contributed by atoms with Gasteiger partial charge in [-0.15, -0.1) is 0 Å². The second-order valence-electron chi connectivity index (χ2n) is 6.29. The van der Waals surface area contributed by atoms with E-state index in [4.69, 9.17) is 11.6 Å². The second-order valence-corrected chi connectivity index (χ2v) is 8.65. The molecule has 0 aliphatic heterocycles. The quantitative estimate of drug-likeness (QED) is 0.0944. The fraction of sp³-hybridized carbons (Fsp3) is 0.0588. The van der Waals surface area contributed by atoms with Gasteiger partial charge in [0, 0.05) is 7.05 Å². The van der Waals surface area contributed by atoms with Crippen LogP contribution in [0.4, 0.5) is 22.7 Å². The minimum atomic E-state index is -4.60. The number of nitrogen functional groups attached to an aromatic ring is 2. The molecule has 0 aliphatic carbocycles. The zero-order valence-corrected chi connectivity index (χ0v) is 17.2. The van der Waals surface area contributed by atoms with Crippen LogP contribution < -0.4 is 27.4 Å². The van der Waals surface area contributed by atoms with Crippen molar-refractivity contribution < 1.29 is 26.8 Å². The molecule has 0 saturated carbocycles. The molecule has 160 valence electrons. The Balaban J connectivity index is 2.14. The lowest BCUT2D eigenvalue weighted by molar-refractivity contribution is 0.479. The predicted molar refractivity (Wildman–Crippen MR) is 115 cm³/mol. The molecule has 0 heterocycles. The summed E-state index contributed by atoms with van der Waals surface area (Å²) in [4.78, 5) is -0.435. The van der Waals surface area contributed by atoms with Gasteiger partial charge in [-0.1, -0.05) is 6.07 Å². The van der Waals surface area contributed by atoms with Crippen molar-refractivity contribution >= 4 is 54.7 Å². The number of aromatic hydroxyl groups is 1. The second kappa shape index (κ2) is 7.97. The van der Waals surface area contributed by atoms with E-state index < -0.39 is 26.1 Å². The normalized spacial score (nSPS) is 12.5. The summed E-state index contributed by atoms with van der Waals surface area (Å²) in [6, 6.07) is 9.67. The summed E-state index contributed by atoms with van der Waals surface area (Å²) >= 11 is -2.30. The fourth-order valence-corrected chi connectivity index (χ4v) is 4.14. The molecule has 0 aromatic heterocycles. The third-order valence-corrected chi connectivity index (χ3v) is 5.86. The van der Waals surface area contributed by atoms with E-state index in [1.54, 1.807) is 6.07 Å². The summed E-state index contributed by atoms with van der Waals surface area (Å²) < 4.78 is 53.8. The number of rotatable bonds is 6. The average molecular weight is 454 g/mol. The van der Waals surface area contributed by atoms with E-state index in [0.29, 0.717) is 5.39 Å². The maximum atomic E-state index is 11.8. The lowest BCUT2D eigenvalue weighted by Crippen LogP contribution is -2.27. The van der Waals surface area contributed by atoms with Crippen molar-refractivity contribution in [2.24, 2.45) is 5.84 Å². The van der Waals surface area contributed by atoms with Crippen LogP contribution in [-0.2, 0) is 21.2 Å². The number of hydrogen-bond acceptors (Lipinski definition) is 9. The smallest absolute Gasteiger partial charge is 0.296 e. The van der Waals surface area contributed by atoms with Gasteiger partial charge in [-0.2, -0.15) is 8.42 Å². The Labute approximate surface area is 174 Å². The molecule has 0 aliphatic rings. The molecule has 0 bridgehead atoms. The van der Waals surface area contributed by atoms with Crippen molar-refractivity contribution in [1.29, 1.82) is 0 Å². The molecule has 0 amide bonds. The standard InChI is InChI=1S/C17H19N5O6S2/c1-22(21-13-5-3-10(20-19)7-15(13)30(26,27)28)17-12(18)4-2-9-6-11(29(24)25)8-14(23)16(9)17/h2-8,20-21,23H,18-19H2,1H3,(H,24,25)(H,26,27,28). The first-order valence-electron chi connectivity index (χ1n) is 8.27. The van der Waals surface area contributed by atoms with Crippen LogP contribution in [0.3, 0.4) is 0 Å². The highest BCUT2D eigenvalue weighted by Gasteiger charge is 2.20. The van der Waals surface area contributed by atoms with Crippen LogP contribution in [0.1, 0.15) is 0 Å². The summed E-state index contributed by atoms with van der Waals surface area (Å²) in [6.45, 7) is 0. The number of phenolic OH excluding ortho intramolecular Hbond substituents is 1. The van der Waals surface area contributed by atoms with E-state index in [-0.39, 0.29) is 38.8 Å². The number of phenols is 1. The van der Waals surface area contributed by atoms with Gasteiger partial charge in [0.15, 0.2) is 11.1 Å². The van der Waals surface area contributed by atoms with Gasteiger partial charge in [-0.05, 0) is 41.8 Å². The minimum absolute atomic E-state index is 0.00451. The Morgan fingerprint density at radius 2 is 1.83 bits per heavy atom. The lowest BCUT2D eigenvalue weighted by Gasteiger charge is -2.26. The van der Waals surface area contributed by atoms with E-state index in [9.17, 15) is 26.8 Å². The van der Waals surface area contributed by atoms with Crippen LogP contribution in [-0.4, -0.2) is 33.9 Å². The number of nitrogens with two attached hydrogens (primary N) is 2. The highest BCUT2D eigenvalue weighted by atomic mass is 32.2. The highest BCUT2D eigenvalue weighted by Crippen LogP contribution is 2.39. The topological polar surface area (TPSA) is 191 Å². The Hall–Kier alpha value is -3.10. The van der Waals surface area contributed by atoms with Crippen molar-refractivity contribution in [2.75, 3.05) is 28.6 Å². The Morgan fingerprint density at radius 1 is 1.13 bits per heavy atom. The number of hydrogen-bond donors (Lipinski definition) is 7. The summed E-state index contributed by atoms with van der Waals surface area (Å²) in [5.41, 5.74) is 12.0. The van der Waals surface area contributed by atoms with E-state index in [1.807, 2.05) is 0 Å². The van der Waals surface area contributed by atoms with Crippen LogP contribution >= 0.6 is 0 Å². The molecule has 0 spiro atoms. The molecular formula is C17H19N5O6S2. The van der Waals surface area contributed by atoms with Crippen LogP contribution in [0, 0.1) is 0 Å². The number of hydrazine groups is 2. The van der Waals surface area contributed by atoms with Crippen molar-refractivity contribution in [3.05, 3.63) is 42.5 Å². The van der Waals surface area contributed by atoms with E-state index >= 15 is 0 Å². The molecule has 0 radical (unpaired) electrons. The SMILES string of the molecule is CN(Nc1ccc(NN)cc1S(=O)(=O)O)c1c(N)ccc2cc(S(=O)O)cc(O)c12. The maximum absolute atomic E-state index is 11.8. The highest BCUT2D eigenvalue weighted by molar-refractivity contribution is 7.86. The van der Waals surface area contributed by atoms with Gasteiger partial charge >= 0.3 is 0 Å². The number of fused-ring (bicyclic) bond motifs is 1. The Kier molecular flexibility index (Phi) is 5.74. The van der Waals surface area contributed by atoms with Gasteiger partial charge in [0.1, 0.15) is 10.6 Å². The monoisotopic (exact) mass is 453 g/mol. The number of nitrogens with zero attached hydrogens (tertiary/aromatic N) is 1. The molecule has 0 fully saturated rings. The molecule has 9 N–H and O–H groups in total. The van der Waals surface area contributed by atoms with Gasteiger partial charge in [0.25, 0.3) is 10.1 Å². The van der Waals surface area contributed by atoms with E-state index in [2.05, 4.69) is 10.9 Å². The van der Waals surface area contributed by atoms with Gasteiger partial charge in [0.2, 0.25) is 0 Å². The minimum Gasteiger partial charge on any atom is -0.507 e. The van der Waals surface area contributed by atoms with E-state index in [0.717, 1.165) is 12.1 Å². The molecule has 3 aromatic carbocycles. The maximum Gasteiger partial charge on any atom is 0.296 e. The van der Waals surface area contributed by atoms with Gasteiger partial charge in [-0.3, -0.25) is 20.8 Å². The van der Waals surface area contributed by atoms with E-state index in [1.165, 1.54) is 36.3 Å². The number of nitrogens with one attached hydrogen (secondary N) is 2. The predicted octanol–water partition coefficient (Wildman–Crippen LogP) is 1.70. The first kappa shape index (κ1) is 21.6. The molecule has 30 heavy (non-hydrogen) atoms. The third-order valence-electron chi connectivity index (χ3n) is 4.33. The molecule has 1 atom stereocenters. The average Bonchev–Trinajstić information content (AvgIpc) is 2.67. The molecule has 3 aromatic rings. The fourth-order valence-electron chi connectivity index (χ4n) is 3.03. The zero-order valence-electron chi connectivity index (χ0n) is 15.5. The molecule has 3 rings (SSSR count). The molecule has 0 saturated heterocycles. The summed E-state index contributed by atoms with van der Waals surface area (Å²) in [7, 11) is -3.08. The van der Waals surface area contributed by atoms with Crippen LogP contribution in [0.5, 0.6) is 5.75 Å². The van der Waals surface area contributed by atoms with Crippen molar-refractivity contribution in [1.82, 2.24) is 0 Å². The van der Waals surface area contributed by atoms with Crippen molar-refractivity contribution in [3.63, 3.8) is 0 Å². The summed E-state index contributed by atoms with van der Waals surface area (Å²) in [6.07, 6.45) is 0. The number of benzene rings is 3. The van der Waals surface area contributed by atoms with Gasteiger partial charge in [-0.25, -0.2) is 4.21 Å². The molecule has 13 heteroatoms. The van der Waals surface area contributed by atoms with Crippen LogP contribution in [0.15, 0.2) is 52.3 Å². The summed E-state index contributed by atoms with van der Waals surface area (Å²) in [5, 5.41) is 12.5. The van der Waals surface area contributed by atoms with Crippen molar-refractivity contribution in [2.45, 2.75) is 9.79 Å². The number of anilines is 4. The Morgan fingerprint density at radius 3 is 2.43 bits per heavy atom. The zero-order chi connectivity index (χ0) is 22.2. The first-order valence-corrected chi connectivity index (χ1v) is 10.8. The van der Waals surface area contributed by atoms with Crippen molar-refractivity contribution in [3.8, 4) is 5.75 Å². The third kappa shape index (κ3) is 4.10. The van der Waals surface area contributed by atoms with Gasteiger partial charge in [0.05, 0.1) is 33.0 Å². The molecular weight excluding hydrogens is 434 g/mol. The van der Waals surface area contributed by atoms with Gasteiger partial charge < -0.3 is 20.8 Å². The summed E-state index contributed by atoms with van der Waals surface area (Å²) in [5.74, 6) is 5.00. The molecule has 1 unspecified atom stereocenters. The largest absolute Gasteiger partial charge is 0.507 e.